The highest BCUT2D eigenvalue weighted by molar-refractivity contribution is 5.94. The maximum Gasteiger partial charge on any atom is 0.322 e. The van der Waals surface area contributed by atoms with Gasteiger partial charge in [0.25, 0.3) is 0 Å². The molecule has 2 aromatic carbocycles. The van der Waals surface area contributed by atoms with Gasteiger partial charge in [-0.25, -0.2) is 0 Å². The maximum absolute atomic E-state index is 13.2. The molecule has 1 aromatic heterocycles. The number of para-hydroxylation sites is 1. The zero-order valence-corrected chi connectivity index (χ0v) is 20.3. The number of nitrogens with one attached hydrogen (secondary N) is 4. The molecule has 0 saturated carbocycles. The van der Waals surface area contributed by atoms with Crippen LogP contribution in [0.5, 0.6) is 0 Å². The third kappa shape index (κ3) is 7.63. The van der Waals surface area contributed by atoms with Crippen LogP contribution < -0.4 is 21.7 Å². The van der Waals surface area contributed by atoms with Crippen LogP contribution >= 0.6 is 0 Å². The monoisotopic (exact) mass is 509 g/mol. The third-order valence-electron chi connectivity index (χ3n) is 5.84. The van der Waals surface area contributed by atoms with Crippen LogP contribution in [-0.2, 0) is 32.0 Å². The van der Waals surface area contributed by atoms with Crippen molar-refractivity contribution in [1.82, 2.24) is 20.9 Å². The minimum atomic E-state index is -1.43. The van der Waals surface area contributed by atoms with Crippen molar-refractivity contribution < 1.29 is 29.4 Å². The SMILES string of the molecule is CC(O)C(NC(=O)C(Cc1ccccc1)NC(=O)C(N)Cc1c[nH]c2ccccc12)C(=O)NCC(=O)O. The Bertz CT molecular complexity index is 1240. The van der Waals surface area contributed by atoms with Gasteiger partial charge in [0, 0.05) is 23.5 Å². The molecule has 11 nitrogen and oxygen atoms in total. The first-order chi connectivity index (χ1) is 17.7. The van der Waals surface area contributed by atoms with Crippen LogP contribution in [0.2, 0.25) is 0 Å². The van der Waals surface area contributed by atoms with Crippen molar-refractivity contribution in [2.24, 2.45) is 5.73 Å². The van der Waals surface area contributed by atoms with E-state index in [1.807, 2.05) is 30.3 Å². The number of hydrogen-bond donors (Lipinski definition) is 7. The van der Waals surface area contributed by atoms with Gasteiger partial charge in [-0.3, -0.25) is 19.2 Å². The van der Waals surface area contributed by atoms with Crippen LogP contribution in [0, 0.1) is 0 Å². The molecule has 3 amide bonds. The number of aromatic amines is 1. The summed E-state index contributed by atoms with van der Waals surface area (Å²) in [5.74, 6) is -3.44. The summed E-state index contributed by atoms with van der Waals surface area (Å²) in [7, 11) is 0. The second-order valence-corrected chi connectivity index (χ2v) is 8.76. The van der Waals surface area contributed by atoms with E-state index in [-0.39, 0.29) is 12.8 Å². The molecule has 4 atom stereocenters. The van der Waals surface area contributed by atoms with Gasteiger partial charge in [-0.2, -0.15) is 0 Å². The van der Waals surface area contributed by atoms with Crippen LogP contribution in [0.1, 0.15) is 18.1 Å². The molecule has 1 heterocycles. The van der Waals surface area contributed by atoms with Gasteiger partial charge in [0.1, 0.15) is 18.6 Å². The van der Waals surface area contributed by atoms with Gasteiger partial charge in [-0.15, -0.1) is 0 Å². The number of aliphatic carboxylic acids is 1. The predicted molar refractivity (Wildman–Crippen MR) is 136 cm³/mol. The predicted octanol–water partition coefficient (Wildman–Crippen LogP) is -0.168. The number of fused-ring (bicyclic) bond motifs is 1. The molecular formula is C26H31N5O6. The molecule has 0 fully saturated rings. The van der Waals surface area contributed by atoms with Crippen molar-refractivity contribution in [3.8, 4) is 0 Å². The highest BCUT2D eigenvalue weighted by Gasteiger charge is 2.31. The average Bonchev–Trinajstić information content (AvgIpc) is 3.28. The molecule has 8 N–H and O–H groups in total. The second-order valence-electron chi connectivity index (χ2n) is 8.76. The number of carbonyl (C=O) groups is 4. The molecule has 3 rings (SSSR count). The number of benzene rings is 2. The second kappa shape index (κ2) is 12.7. The van der Waals surface area contributed by atoms with Crippen LogP contribution in [0.15, 0.2) is 60.8 Å². The molecule has 37 heavy (non-hydrogen) atoms. The minimum Gasteiger partial charge on any atom is -0.480 e. The zero-order valence-electron chi connectivity index (χ0n) is 20.3. The number of carboxylic acid groups (broad SMARTS) is 1. The maximum atomic E-state index is 13.2. The molecule has 0 spiro atoms. The summed E-state index contributed by atoms with van der Waals surface area (Å²) < 4.78 is 0. The summed E-state index contributed by atoms with van der Waals surface area (Å²) in [6.07, 6.45) is 0.787. The van der Waals surface area contributed by atoms with Gasteiger partial charge in [-0.1, -0.05) is 48.5 Å². The molecule has 11 heteroatoms. The van der Waals surface area contributed by atoms with Gasteiger partial charge < -0.3 is 36.9 Å². The highest BCUT2D eigenvalue weighted by atomic mass is 16.4. The Morgan fingerprint density at radius 2 is 1.59 bits per heavy atom. The van der Waals surface area contributed by atoms with E-state index in [0.717, 1.165) is 22.0 Å². The van der Waals surface area contributed by atoms with E-state index in [9.17, 15) is 24.3 Å². The molecule has 196 valence electrons. The van der Waals surface area contributed by atoms with Crippen molar-refractivity contribution in [2.75, 3.05) is 6.54 Å². The smallest absolute Gasteiger partial charge is 0.322 e. The number of carbonyl (C=O) groups excluding carboxylic acids is 3. The zero-order chi connectivity index (χ0) is 26.9. The molecule has 0 bridgehead atoms. The van der Waals surface area contributed by atoms with E-state index in [1.54, 1.807) is 30.5 Å². The summed E-state index contributed by atoms with van der Waals surface area (Å²) in [5.41, 5.74) is 8.70. The number of hydrogen-bond acceptors (Lipinski definition) is 6. The Morgan fingerprint density at radius 1 is 0.919 bits per heavy atom. The molecular weight excluding hydrogens is 478 g/mol. The third-order valence-corrected chi connectivity index (χ3v) is 5.84. The number of nitrogens with two attached hydrogens (primary N) is 1. The van der Waals surface area contributed by atoms with Crippen molar-refractivity contribution in [1.29, 1.82) is 0 Å². The fraction of sp³-hybridized carbons (Fsp3) is 0.308. The first-order valence-corrected chi connectivity index (χ1v) is 11.8. The summed E-state index contributed by atoms with van der Waals surface area (Å²) in [4.78, 5) is 52.5. The Balaban J connectivity index is 1.74. The first kappa shape index (κ1) is 27.4. The molecule has 0 aliphatic heterocycles. The van der Waals surface area contributed by atoms with Gasteiger partial charge in [0.2, 0.25) is 17.7 Å². The van der Waals surface area contributed by atoms with Gasteiger partial charge >= 0.3 is 5.97 Å². The summed E-state index contributed by atoms with van der Waals surface area (Å²) >= 11 is 0. The average molecular weight is 510 g/mol. The summed E-state index contributed by atoms with van der Waals surface area (Å²) in [5, 5.41) is 27.0. The molecule has 0 aliphatic carbocycles. The van der Waals surface area contributed by atoms with Crippen molar-refractivity contribution in [3.63, 3.8) is 0 Å². The fourth-order valence-corrected chi connectivity index (χ4v) is 3.90. The quantitative estimate of drug-likeness (QED) is 0.177. The number of carboxylic acids is 1. The van der Waals surface area contributed by atoms with Crippen LogP contribution in [0.25, 0.3) is 10.9 Å². The summed E-state index contributed by atoms with van der Waals surface area (Å²) in [6, 6.07) is 13.1. The van der Waals surface area contributed by atoms with E-state index >= 15 is 0 Å². The molecule has 0 aliphatic rings. The normalized spacial score (nSPS) is 14.2. The minimum absolute atomic E-state index is 0.0987. The number of rotatable bonds is 12. The van der Waals surface area contributed by atoms with Crippen LogP contribution in [0.4, 0.5) is 0 Å². The van der Waals surface area contributed by atoms with E-state index in [1.165, 1.54) is 6.92 Å². The number of aromatic nitrogens is 1. The summed E-state index contributed by atoms with van der Waals surface area (Å²) in [6.45, 7) is 0.609. The lowest BCUT2D eigenvalue weighted by molar-refractivity contribution is -0.139. The van der Waals surface area contributed by atoms with Crippen LogP contribution in [-0.4, -0.2) is 69.7 Å². The standard InChI is InChI=1S/C26H31N5O6/c1-15(32)23(26(37)29-14-22(33)34)31-25(36)21(11-16-7-3-2-4-8-16)30-24(35)19(27)12-17-13-28-20-10-6-5-9-18(17)20/h2-10,13,15,19,21,23,28,32H,11-12,14,27H2,1H3,(H,29,37)(H,30,35)(H,31,36)(H,33,34). The number of amides is 3. The molecule has 3 aromatic rings. The van der Waals surface area contributed by atoms with Gasteiger partial charge in [0.15, 0.2) is 0 Å². The first-order valence-electron chi connectivity index (χ1n) is 11.8. The van der Waals surface area contributed by atoms with E-state index in [0.29, 0.717) is 0 Å². The Hall–Kier alpha value is -4.22. The fourth-order valence-electron chi connectivity index (χ4n) is 3.90. The van der Waals surface area contributed by atoms with E-state index < -0.39 is 54.5 Å². The lowest BCUT2D eigenvalue weighted by Gasteiger charge is -2.25. The van der Waals surface area contributed by atoms with E-state index in [2.05, 4.69) is 20.9 Å². The lowest BCUT2D eigenvalue weighted by Crippen LogP contribution is -2.59. The van der Waals surface area contributed by atoms with Crippen molar-refractivity contribution in [3.05, 3.63) is 71.9 Å². The number of aliphatic hydroxyl groups is 1. The topological polar surface area (TPSA) is 187 Å². The molecule has 0 saturated heterocycles. The number of H-pyrrole nitrogens is 1. The van der Waals surface area contributed by atoms with Crippen LogP contribution in [0.3, 0.4) is 0 Å². The van der Waals surface area contributed by atoms with Crippen molar-refractivity contribution >= 4 is 34.6 Å². The van der Waals surface area contributed by atoms with Gasteiger partial charge in [0.05, 0.1) is 12.1 Å². The Morgan fingerprint density at radius 3 is 2.27 bits per heavy atom. The molecule has 0 radical (unpaired) electrons. The van der Waals surface area contributed by atoms with Gasteiger partial charge in [-0.05, 0) is 30.5 Å². The van der Waals surface area contributed by atoms with Crippen molar-refractivity contribution in [2.45, 2.75) is 44.0 Å². The van der Waals surface area contributed by atoms with E-state index in [4.69, 9.17) is 10.8 Å². The lowest BCUT2D eigenvalue weighted by atomic mass is 10.0. The Kier molecular flexibility index (Phi) is 9.36. The Labute approximate surface area is 213 Å². The molecule has 4 unspecified atom stereocenters. The number of aliphatic hydroxyl groups excluding tert-OH is 1. The largest absolute Gasteiger partial charge is 0.480 e. The highest BCUT2D eigenvalue weighted by Crippen LogP contribution is 2.19.